The molecule has 8 heteroatoms. The number of nitrogens with two attached hydrogens (primary N) is 1. The van der Waals surface area contributed by atoms with E-state index in [1.807, 2.05) is 6.92 Å². The molecule has 0 radical (unpaired) electrons. The summed E-state index contributed by atoms with van der Waals surface area (Å²) in [7, 11) is -3.76. The summed E-state index contributed by atoms with van der Waals surface area (Å²) in [5.41, 5.74) is 5.45. The van der Waals surface area contributed by atoms with Crippen LogP contribution >= 0.6 is 11.6 Å². The summed E-state index contributed by atoms with van der Waals surface area (Å²) in [6, 6.07) is 4.83. The van der Waals surface area contributed by atoms with E-state index in [0.717, 1.165) is 0 Å². The summed E-state index contributed by atoms with van der Waals surface area (Å²) in [5, 5.41) is 3.09. The minimum absolute atomic E-state index is 0.0573. The molecule has 0 aromatic heterocycles. The van der Waals surface area contributed by atoms with E-state index in [1.165, 1.54) is 31.2 Å². The minimum Gasteiger partial charge on any atom is -0.354 e. The van der Waals surface area contributed by atoms with Gasteiger partial charge in [0.2, 0.25) is 15.9 Å². The largest absolute Gasteiger partial charge is 0.354 e. The first-order chi connectivity index (χ1) is 9.76. The highest BCUT2D eigenvalue weighted by atomic mass is 35.5. The highest BCUT2D eigenvalue weighted by molar-refractivity contribution is 7.89. The van der Waals surface area contributed by atoms with Gasteiger partial charge in [0.05, 0.1) is 10.9 Å². The summed E-state index contributed by atoms with van der Waals surface area (Å²) in [4.78, 5) is 11.9. The molecule has 0 fully saturated rings. The number of carbonyl (C=O) groups is 1. The molecule has 21 heavy (non-hydrogen) atoms. The molecule has 0 bridgehead atoms. The number of hydrogen-bond donors (Lipinski definition) is 3. The van der Waals surface area contributed by atoms with Crippen molar-refractivity contribution in [2.24, 2.45) is 11.7 Å². The molecule has 0 aliphatic heterocycles. The van der Waals surface area contributed by atoms with Gasteiger partial charge in [0.1, 0.15) is 0 Å². The van der Waals surface area contributed by atoms with E-state index in [1.54, 1.807) is 0 Å². The van der Waals surface area contributed by atoms with E-state index in [-0.39, 0.29) is 10.8 Å². The molecule has 1 aromatic carbocycles. The molecule has 1 amide bonds. The lowest BCUT2D eigenvalue weighted by atomic mass is 10.2. The molecular formula is C13H20ClN3O3S. The van der Waals surface area contributed by atoms with Crippen LogP contribution < -0.4 is 15.8 Å². The van der Waals surface area contributed by atoms with Crippen molar-refractivity contribution in [3.8, 4) is 0 Å². The van der Waals surface area contributed by atoms with Crippen molar-refractivity contribution >= 4 is 27.5 Å². The van der Waals surface area contributed by atoms with Gasteiger partial charge in [0, 0.05) is 11.6 Å². The fraction of sp³-hybridized carbons (Fsp3) is 0.462. The maximum absolute atomic E-state index is 12.1. The lowest BCUT2D eigenvalue weighted by molar-refractivity contribution is -0.122. The van der Waals surface area contributed by atoms with Crippen LogP contribution in [0, 0.1) is 5.92 Å². The van der Waals surface area contributed by atoms with Gasteiger partial charge in [-0.25, -0.2) is 8.42 Å². The summed E-state index contributed by atoms with van der Waals surface area (Å²) in [5.74, 6) is -0.262. The van der Waals surface area contributed by atoms with Crippen molar-refractivity contribution in [2.75, 3.05) is 13.1 Å². The lowest BCUT2D eigenvalue weighted by Crippen LogP contribution is -2.46. The van der Waals surface area contributed by atoms with Crippen LogP contribution in [0.4, 0.5) is 0 Å². The molecule has 1 aromatic rings. The monoisotopic (exact) mass is 333 g/mol. The first-order valence-corrected chi connectivity index (χ1v) is 8.38. The van der Waals surface area contributed by atoms with Gasteiger partial charge in [-0.05, 0) is 43.7 Å². The topological polar surface area (TPSA) is 101 Å². The summed E-state index contributed by atoms with van der Waals surface area (Å²) in [6.45, 7) is 4.23. The molecule has 0 heterocycles. The normalized spacial score (nSPS) is 14.5. The first kappa shape index (κ1) is 17.9. The SMILES string of the molecule is CC(CN)CNC(=O)C(C)NS(=O)(=O)c1ccc(Cl)cc1. The molecule has 6 nitrogen and oxygen atoms in total. The van der Waals surface area contributed by atoms with Crippen LogP contribution in [0.1, 0.15) is 13.8 Å². The van der Waals surface area contributed by atoms with Gasteiger partial charge in [-0.1, -0.05) is 18.5 Å². The van der Waals surface area contributed by atoms with Gasteiger partial charge in [-0.2, -0.15) is 4.72 Å². The Balaban J connectivity index is 2.66. The Labute approximate surface area is 130 Å². The van der Waals surface area contributed by atoms with Crippen LogP contribution in [0.25, 0.3) is 0 Å². The van der Waals surface area contributed by atoms with Crippen molar-refractivity contribution in [3.05, 3.63) is 29.3 Å². The standard InChI is InChI=1S/C13H20ClN3O3S/c1-9(7-15)8-16-13(18)10(2)17-21(19,20)12-5-3-11(14)4-6-12/h3-6,9-10,17H,7-8,15H2,1-2H3,(H,16,18). The Bertz CT molecular complexity index is 575. The van der Waals surface area contributed by atoms with Crippen LogP contribution in [0.3, 0.4) is 0 Å². The number of halogens is 1. The molecular weight excluding hydrogens is 314 g/mol. The number of benzene rings is 1. The first-order valence-electron chi connectivity index (χ1n) is 6.52. The Kier molecular flexibility index (Phi) is 6.60. The van der Waals surface area contributed by atoms with Crippen LogP contribution in [0.5, 0.6) is 0 Å². The average molecular weight is 334 g/mol. The van der Waals surface area contributed by atoms with Crippen LogP contribution in [0.2, 0.25) is 5.02 Å². The Morgan fingerprint density at radius 1 is 1.29 bits per heavy atom. The van der Waals surface area contributed by atoms with Gasteiger partial charge in [0.15, 0.2) is 0 Å². The quantitative estimate of drug-likeness (QED) is 0.684. The zero-order valence-electron chi connectivity index (χ0n) is 12.0. The molecule has 1 rings (SSSR count). The number of sulfonamides is 1. The summed E-state index contributed by atoms with van der Waals surface area (Å²) >= 11 is 5.71. The molecule has 2 unspecified atom stereocenters. The van der Waals surface area contributed by atoms with Crippen molar-refractivity contribution in [2.45, 2.75) is 24.8 Å². The number of hydrogen-bond acceptors (Lipinski definition) is 4. The summed E-state index contributed by atoms with van der Waals surface area (Å²) in [6.07, 6.45) is 0. The highest BCUT2D eigenvalue weighted by Crippen LogP contribution is 2.14. The fourth-order valence-corrected chi connectivity index (χ4v) is 2.81. The second kappa shape index (κ2) is 7.74. The van der Waals surface area contributed by atoms with Gasteiger partial charge < -0.3 is 11.1 Å². The zero-order chi connectivity index (χ0) is 16.0. The van der Waals surface area contributed by atoms with Crippen molar-refractivity contribution in [3.63, 3.8) is 0 Å². The third-order valence-electron chi connectivity index (χ3n) is 2.88. The third-order valence-corrected chi connectivity index (χ3v) is 4.68. The Hall–Kier alpha value is -1.15. The molecule has 0 saturated carbocycles. The van der Waals surface area contributed by atoms with Gasteiger partial charge in [0.25, 0.3) is 0 Å². The van der Waals surface area contributed by atoms with Gasteiger partial charge in [-0.15, -0.1) is 0 Å². The maximum atomic E-state index is 12.1. The second-order valence-electron chi connectivity index (χ2n) is 4.88. The van der Waals surface area contributed by atoms with Crippen molar-refractivity contribution in [1.82, 2.24) is 10.0 Å². The van der Waals surface area contributed by atoms with Crippen LogP contribution in [0.15, 0.2) is 29.2 Å². The van der Waals surface area contributed by atoms with E-state index in [9.17, 15) is 13.2 Å². The molecule has 0 saturated heterocycles. The van der Waals surface area contributed by atoms with Gasteiger partial charge >= 0.3 is 0 Å². The Morgan fingerprint density at radius 3 is 2.38 bits per heavy atom. The van der Waals surface area contributed by atoms with Crippen molar-refractivity contribution < 1.29 is 13.2 Å². The molecule has 0 aliphatic carbocycles. The predicted molar refractivity (Wildman–Crippen MR) is 82.5 cm³/mol. The number of nitrogens with one attached hydrogen (secondary N) is 2. The minimum atomic E-state index is -3.76. The van der Waals surface area contributed by atoms with Crippen molar-refractivity contribution in [1.29, 1.82) is 0 Å². The van der Waals surface area contributed by atoms with E-state index < -0.39 is 22.0 Å². The highest BCUT2D eigenvalue weighted by Gasteiger charge is 2.22. The molecule has 0 spiro atoms. The summed E-state index contributed by atoms with van der Waals surface area (Å²) < 4.78 is 26.5. The number of rotatable bonds is 7. The molecule has 0 aliphatic rings. The van der Waals surface area contributed by atoms with Crippen LogP contribution in [-0.4, -0.2) is 33.5 Å². The predicted octanol–water partition coefficient (Wildman–Crippen LogP) is 0.718. The van der Waals surface area contributed by atoms with E-state index in [2.05, 4.69) is 10.0 Å². The third kappa shape index (κ3) is 5.62. The van der Waals surface area contributed by atoms with Gasteiger partial charge in [-0.3, -0.25) is 4.79 Å². The second-order valence-corrected chi connectivity index (χ2v) is 7.03. The molecule has 2 atom stereocenters. The smallest absolute Gasteiger partial charge is 0.241 e. The van der Waals surface area contributed by atoms with E-state index >= 15 is 0 Å². The number of carbonyl (C=O) groups excluding carboxylic acids is 1. The van der Waals surface area contributed by atoms with Crippen LogP contribution in [-0.2, 0) is 14.8 Å². The van der Waals surface area contributed by atoms with E-state index in [0.29, 0.717) is 18.1 Å². The fourth-order valence-electron chi connectivity index (χ4n) is 1.48. The maximum Gasteiger partial charge on any atom is 0.241 e. The van der Waals surface area contributed by atoms with E-state index in [4.69, 9.17) is 17.3 Å². The zero-order valence-corrected chi connectivity index (χ0v) is 13.5. The average Bonchev–Trinajstić information content (AvgIpc) is 2.44. The molecule has 4 N–H and O–H groups in total. The lowest BCUT2D eigenvalue weighted by Gasteiger charge is -2.16. The number of amides is 1. The molecule has 118 valence electrons. The Morgan fingerprint density at radius 2 is 1.86 bits per heavy atom.